The molecule has 0 saturated heterocycles. The van der Waals surface area contributed by atoms with Crippen LogP contribution in [0.3, 0.4) is 0 Å². The largest absolute Gasteiger partial charge is 0.305 e. The number of hydrogen-bond acceptors (Lipinski definition) is 3. The van der Waals surface area contributed by atoms with Crippen molar-refractivity contribution in [1.29, 1.82) is 0 Å². The maximum absolute atomic E-state index is 5.86. The molecule has 1 unspecified atom stereocenters. The Hall–Kier alpha value is -0.420. The van der Waals surface area contributed by atoms with E-state index in [0.717, 1.165) is 16.7 Å². The van der Waals surface area contributed by atoms with Gasteiger partial charge in [0.15, 0.2) is 0 Å². The van der Waals surface area contributed by atoms with Crippen molar-refractivity contribution in [2.45, 2.75) is 13.0 Å². The second kappa shape index (κ2) is 5.96. The van der Waals surface area contributed by atoms with Crippen LogP contribution in [0.15, 0.2) is 33.6 Å². The number of pyridine rings is 1. The van der Waals surface area contributed by atoms with Gasteiger partial charge in [0, 0.05) is 16.0 Å². The van der Waals surface area contributed by atoms with Gasteiger partial charge in [-0.1, -0.05) is 18.5 Å². The minimum atomic E-state index is 0.109. The van der Waals surface area contributed by atoms with Crippen molar-refractivity contribution in [2.75, 3.05) is 6.54 Å². The summed E-state index contributed by atoms with van der Waals surface area (Å²) in [6, 6.07) is 3.94. The van der Waals surface area contributed by atoms with E-state index in [2.05, 4.69) is 43.9 Å². The Balaban J connectivity index is 2.35. The van der Waals surface area contributed by atoms with Crippen LogP contribution in [-0.4, -0.2) is 11.5 Å². The second-order valence-electron chi connectivity index (χ2n) is 3.57. The third-order valence-electron chi connectivity index (χ3n) is 2.41. The lowest BCUT2D eigenvalue weighted by atomic mass is 10.1. The molecule has 1 atom stereocenters. The first kappa shape index (κ1) is 13.0. The molecule has 0 aliphatic rings. The van der Waals surface area contributed by atoms with Crippen molar-refractivity contribution < 1.29 is 0 Å². The van der Waals surface area contributed by atoms with Crippen LogP contribution in [-0.2, 0) is 0 Å². The molecule has 0 aliphatic carbocycles. The van der Waals surface area contributed by atoms with Gasteiger partial charge in [-0.2, -0.15) is 11.3 Å². The van der Waals surface area contributed by atoms with Crippen LogP contribution >= 0.6 is 38.9 Å². The Morgan fingerprint density at radius 2 is 2.29 bits per heavy atom. The zero-order valence-electron chi connectivity index (χ0n) is 9.28. The van der Waals surface area contributed by atoms with Crippen molar-refractivity contribution in [3.05, 3.63) is 49.8 Å². The molecule has 2 aromatic heterocycles. The predicted molar refractivity (Wildman–Crippen MR) is 76.8 cm³/mol. The van der Waals surface area contributed by atoms with Crippen LogP contribution in [0.1, 0.15) is 24.2 Å². The molecule has 0 radical (unpaired) electrons. The van der Waals surface area contributed by atoms with Crippen LogP contribution < -0.4 is 5.32 Å². The predicted octanol–water partition coefficient (Wildman–Crippen LogP) is 4.26. The van der Waals surface area contributed by atoms with Gasteiger partial charge in [0.25, 0.3) is 0 Å². The lowest BCUT2D eigenvalue weighted by Gasteiger charge is -2.17. The van der Waals surface area contributed by atoms with Crippen LogP contribution in [0, 0.1) is 0 Å². The van der Waals surface area contributed by atoms with Crippen LogP contribution in [0.5, 0.6) is 0 Å². The smallest absolute Gasteiger partial charge is 0.0770 e. The number of thiophene rings is 1. The molecular formula is C12H12BrClN2S. The molecule has 0 aromatic carbocycles. The van der Waals surface area contributed by atoms with Gasteiger partial charge in [0.1, 0.15) is 0 Å². The van der Waals surface area contributed by atoms with E-state index in [9.17, 15) is 0 Å². The van der Waals surface area contributed by atoms with E-state index in [-0.39, 0.29) is 6.04 Å². The fraction of sp³-hybridized carbons (Fsp3) is 0.250. The van der Waals surface area contributed by atoms with Gasteiger partial charge >= 0.3 is 0 Å². The van der Waals surface area contributed by atoms with E-state index >= 15 is 0 Å². The normalized spacial score (nSPS) is 12.6. The van der Waals surface area contributed by atoms with Gasteiger partial charge in [0.2, 0.25) is 0 Å². The molecule has 2 nitrogen and oxygen atoms in total. The number of rotatable bonds is 4. The highest BCUT2D eigenvalue weighted by Gasteiger charge is 2.17. The molecule has 0 saturated carbocycles. The van der Waals surface area contributed by atoms with Crippen LogP contribution in [0.2, 0.25) is 5.02 Å². The minimum Gasteiger partial charge on any atom is -0.305 e. The summed E-state index contributed by atoms with van der Waals surface area (Å²) in [4.78, 5) is 4.38. The summed E-state index contributed by atoms with van der Waals surface area (Å²) in [5.41, 5.74) is 2.20. The van der Waals surface area contributed by atoms with Crippen LogP contribution in [0.25, 0.3) is 0 Å². The highest BCUT2D eigenvalue weighted by molar-refractivity contribution is 9.10. The van der Waals surface area contributed by atoms with Crippen molar-refractivity contribution >= 4 is 38.9 Å². The highest BCUT2D eigenvalue weighted by atomic mass is 79.9. The van der Waals surface area contributed by atoms with Gasteiger partial charge in [-0.05, 0) is 45.6 Å². The van der Waals surface area contributed by atoms with E-state index in [1.54, 1.807) is 17.5 Å². The summed E-state index contributed by atoms with van der Waals surface area (Å²) in [5.74, 6) is 0. The van der Waals surface area contributed by atoms with E-state index in [1.165, 1.54) is 5.56 Å². The Bertz CT molecular complexity index is 484. The fourth-order valence-corrected chi connectivity index (χ4v) is 3.30. The standard InChI is InChI=1S/C12H12BrClN2S/c1-2-15-12(9-6-17-7-10(9)13)11-4-3-8(14)5-16-11/h3-7,12,15H,2H2,1H3. The average Bonchev–Trinajstić information content (AvgIpc) is 2.74. The molecule has 0 amide bonds. The third kappa shape index (κ3) is 3.07. The van der Waals surface area contributed by atoms with Crippen LogP contribution in [0.4, 0.5) is 0 Å². The number of halogens is 2. The minimum absolute atomic E-state index is 0.109. The lowest BCUT2D eigenvalue weighted by Crippen LogP contribution is -2.22. The molecule has 0 spiro atoms. The van der Waals surface area contributed by atoms with Gasteiger partial charge in [-0.15, -0.1) is 0 Å². The Kier molecular flexibility index (Phi) is 4.56. The summed E-state index contributed by atoms with van der Waals surface area (Å²) in [6.45, 7) is 2.97. The SMILES string of the molecule is CCNC(c1ccc(Cl)cn1)c1cscc1Br. The molecule has 90 valence electrons. The zero-order chi connectivity index (χ0) is 12.3. The van der Waals surface area contributed by atoms with E-state index < -0.39 is 0 Å². The molecule has 17 heavy (non-hydrogen) atoms. The molecular weight excluding hydrogens is 320 g/mol. The molecule has 1 N–H and O–H groups in total. The maximum atomic E-state index is 5.86. The Morgan fingerprint density at radius 1 is 1.47 bits per heavy atom. The molecule has 2 heterocycles. The van der Waals surface area contributed by atoms with Gasteiger partial charge in [0.05, 0.1) is 16.8 Å². The van der Waals surface area contributed by atoms with Gasteiger partial charge in [-0.25, -0.2) is 0 Å². The molecule has 0 bridgehead atoms. The van der Waals surface area contributed by atoms with Crippen molar-refractivity contribution in [2.24, 2.45) is 0 Å². The first-order chi connectivity index (χ1) is 8.22. The molecule has 2 rings (SSSR count). The van der Waals surface area contributed by atoms with E-state index in [1.807, 2.05) is 12.1 Å². The monoisotopic (exact) mass is 330 g/mol. The quantitative estimate of drug-likeness (QED) is 0.905. The van der Waals surface area contributed by atoms with Crippen molar-refractivity contribution in [3.8, 4) is 0 Å². The lowest BCUT2D eigenvalue weighted by molar-refractivity contribution is 0.615. The number of hydrogen-bond donors (Lipinski definition) is 1. The summed E-state index contributed by atoms with van der Waals surface area (Å²) in [7, 11) is 0. The van der Waals surface area contributed by atoms with E-state index in [0.29, 0.717) is 5.02 Å². The van der Waals surface area contributed by atoms with Gasteiger partial charge < -0.3 is 5.32 Å². The molecule has 0 aliphatic heterocycles. The summed E-state index contributed by atoms with van der Waals surface area (Å²) in [5, 5.41) is 8.30. The summed E-state index contributed by atoms with van der Waals surface area (Å²) < 4.78 is 1.12. The Labute approximate surface area is 118 Å². The number of nitrogens with one attached hydrogen (secondary N) is 1. The number of aromatic nitrogens is 1. The summed E-state index contributed by atoms with van der Waals surface area (Å²) >= 11 is 11.1. The molecule has 5 heteroatoms. The first-order valence-electron chi connectivity index (χ1n) is 5.28. The van der Waals surface area contributed by atoms with Crippen molar-refractivity contribution in [3.63, 3.8) is 0 Å². The zero-order valence-corrected chi connectivity index (χ0v) is 12.4. The maximum Gasteiger partial charge on any atom is 0.0770 e. The fourth-order valence-electron chi connectivity index (χ4n) is 1.63. The Morgan fingerprint density at radius 3 is 2.82 bits per heavy atom. The third-order valence-corrected chi connectivity index (χ3v) is 4.38. The first-order valence-corrected chi connectivity index (χ1v) is 7.40. The second-order valence-corrected chi connectivity index (χ2v) is 5.60. The van der Waals surface area contributed by atoms with Crippen molar-refractivity contribution in [1.82, 2.24) is 10.3 Å². The van der Waals surface area contributed by atoms with E-state index in [4.69, 9.17) is 11.6 Å². The average molecular weight is 332 g/mol. The summed E-state index contributed by atoms with van der Waals surface area (Å²) in [6.07, 6.45) is 1.68. The number of nitrogens with zero attached hydrogens (tertiary/aromatic N) is 1. The topological polar surface area (TPSA) is 24.9 Å². The molecule has 2 aromatic rings. The molecule has 0 fully saturated rings. The highest BCUT2D eigenvalue weighted by Crippen LogP contribution is 2.30. The van der Waals surface area contributed by atoms with Gasteiger partial charge in [-0.3, -0.25) is 4.98 Å².